The van der Waals surface area contributed by atoms with Crippen molar-refractivity contribution in [2.75, 3.05) is 0 Å². The highest BCUT2D eigenvalue weighted by molar-refractivity contribution is 5.79. The summed E-state index contributed by atoms with van der Waals surface area (Å²) >= 11 is 0. The molecule has 2 aliphatic carbocycles. The maximum absolute atomic E-state index is 12.8. The molecule has 0 spiro atoms. The number of aliphatic hydroxyl groups excluding tert-OH is 1. The topological polar surface area (TPSA) is 78.4 Å². The molecule has 0 bridgehead atoms. The summed E-state index contributed by atoms with van der Waals surface area (Å²) in [6.45, 7) is 12.4. The number of hydrogen-bond donors (Lipinski definition) is 3. The Balaban J connectivity index is 1.69. The maximum Gasteiger partial charge on any atom is 0.224 e. The van der Waals surface area contributed by atoms with E-state index in [1.54, 1.807) is 0 Å². The van der Waals surface area contributed by atoms with Gasteiger partial charge in [0.25, 0.3) is 0 Å². The summed E-state index contributed by atoms with van der Waals surface area (Å²) in [5.41, 5.74) is 0.775. The number of hydrogen-bond acceptors (Lipinski definition) is 3. The molecule has 0 saturated heterocycles. The molecule has 1 aromatic rings. The van der Waals surface area contributed by atoms with Gasteiger partial charge in [0, 0.05) is 17.5 Å². The van der Waals surface area contributed by atoms with Gasteiger partial charge in [-0.25, -0.2) is 0 Å². The number of nitrogens with one attached hydrogen (secondary N) is 2. The second kappa shape index (κ2) is 9.54. The molecule has 0 heterocycles. The van der Waals surface area contributed by atoms with Gasteiger partial charge >= 0.3 is 0 Å². The summed E-state index contributed by atoms with van der Waals surface area (Å²) in [5.74, 6) is -0.0190. The number of aliphatic hydroxyl groups is 1. The van der Waals surface area contributed by atoms with Gasteiger partial charge in [0.15, 0.2) is 0 Å². The molecule has 2 amide bonds. The molecule has 0 aliphatic heterocycles. The highest BCUT2D eigenvalue weighted by atomic mass is 16.3. The van der Waals surface area contributed by atoms with Crippen molar-refractivity contribution in [1.82, 2.24) is 10.6 Å². The minimum absolute atomic E-state index is 0.0151. The van der Waals surface area contributed by atoms with Gasteiger partial charge in [-0.3, -0.25) is 9.59 Å². The lowest BCUT2D eigenvalue weighted by Crippen LogP contribution is -2.59. The molecule has 3 N–H and O–H groups in total. The van der Waals surface area contributed by atoms with E-state index in [0.717, 1.165) is 31.2 Å². The summed E-state index contributed by atoms with van der Waals surface area (Å²) in [6.07, 6.45) is 3.64. The number of amides is 2. The Kier molecular flexibility index (Phi) is 7.38. The third kappa shape index (κ3) is 5.54. The smallest absolute Gasteiger partial charge is 0.224 e. The number of fused-ring (bicyclic) bond motifs is 1. The van der Waals surface area contributed by atoms with Gasteiger partial charge in [-0.2, -0.15) is 0 Å². The second-order valence-electron chi connectivity index (χ2n) is 11.6. The van der Waals surface area contributed by atoms with Crippen LogP contribution in [0.3, 0.4) is 0 Å². The molecule has 0 aromatic heterocycles. The van der Waals surface area contributed by atoms with Crippen LogP contribution in [-0.4, -0.2) is 34.6 Å². The van der Waals surface area contributed by atoms with Crippen molar-refractivity contribution >= 4 is 11.8 Å². The second-order valence-corrected chi connectivity index (χ2v) is 11.6. The molecule has 0 unspecified atom stereocenters. The van der Waals surface area contributed by atoms with Crippen LogP contribution in [0.15, 0.2) is 30.3 Å². The van der Waals surface area contributed by atoms with Gasteiger partial charge in [-0.05, 0) is 75.2 Å². The highest BCUT2D eigenvalue weighted by Crippen LogP contribution is 2.55. The quantitative estimate of drug-likeness (QED) is 0.643. The minimum atomic E-state index is -0.543. The molecule has 1 aromatic carbocycles. The Morgan fingerprint density at radius 1 is 1.16 bits per heavy atom. The predicted molar refractivity (Wildman–Crippen MR) is 128 cm³/mol. The van der Waals surface area contributed by atoms with Gasteiger partial charge in [0.1, 0.15) is 0 Å². The van der Waals surface area contributed by atoms with Crippen LogP contribution >= 0.6 is 0 Å². The molecule has 5 heteroatoms. The van der Waals surface area contributed by atoms with Crippen molar-refractivity contribution in [3.63, 3.8) is 0 Å². The molecule has 0 radical (unpaired) electrons. The number of rotatable bonds is 5. The third-order valence-corrected chi connectivity index (χ3v) is 8.00. The van der Waals surface area contributed by atoms with Crippen LogP contribution in [0, 0.1) is 29.1 Å². The highest BCUT2D eigenvalue weighted by Gasteiger charge is 2.53. The van der Waals surface area contributed by atoms with E-state index in [4.69, 9.17) is 0 Å². The van der Waals surface area contributed by atoms with Gasteiger partial charge < -0.3 is 15.7 Å². The first kappa shape index (κ1) is 24.8. The van der Waals surface area contributed by atoms with Crippen LogP contribution in [0.2, 0.25) is 0 Å². The fraction of sp³-hybridized carbons (Fsp3) is 0.704. The molecule has 2 aliphatic rings. The summed E-state index contributed by atoms with van der Waals surface area (Å²) in [7, 11) is 0. The van der Waals surface area contributed by atoms with Gasteiger partial charge in [-0.15, -0.1) is 0 Å². The molecule has 3 rings (SSSR count). The molecule has 178 valence electrons. The Morgan fingerprint density at radius 2 is 1.78 bits per heavy atom. The third-order valence-electron chi connectivity index (χ3n) is 8.00. The van der Waals surface area contributed by atoms with E-state index in [1.807, 2.05) is 58.0 Å². The van der Waals surface area contributed by atoms with Crippen molar-refractivity contribution in [2.24, 2.45) is 29.1 Å². The summed E-state index contributed by atoms with van der Waals surface area (Å²) in [6, 6.07) is 9.85. The van der Waals surface area contributed by atoms with E-state index in [1.165, 1.54) is 0 Å². The normalized spacial score (nSPS) is 33.7. The monoisotopic (exact) mass is 442 g/mol. The average molecular weight is 443 g/mol. The van der Waals surface area contributed by atoms with E-state index in [-0.39, 0.29) is 52.5 Å². The van der Waals surface area contributed by atoms with Crippen molar-refractivity contribution < 1.29 is 14.7 Å². The first-order valence-electron chi connectivity index (χ1n) is 12.2. The van der Waals surface area contributed by atoms with Crippen LogP contribution < -0.4 is 10.6 Å². The number of carbonyl (C=O) groups is 2. The zero-order valence-electron chi connectivity index (χ0n) is 20.7. The van der Waals surface area contributed by atoms with Crippen LogP contribution in [0.1, 0.15) is 72.8 Å². The SMILES string of the molecule is C[C@@H]1[C@@H]2[C@@H](O)[C@@H]([C@H](C)C(=O)NC(C)(C)C)CC[C@]2(C)CC[C@@H]1NC(=O)Cc1ccccc1. The number of carbonyl (C=O) groups excluding carboxylic acids is 2. The zero-order chi connectivity index (χ0) is 23.7. The van der Waals surface area contributed by atoms with Crippen LogP contribution in [-0.2, 0) is 16.0 Å². The number of benzene rings is 1. The molecule has 7 atom stereocenters. The van der Waals surface area contributed by atoms with E-state index in [2.05, 4.69) is 24.5 Å². The van der Waals surface area contributed by atoms with Gasteiger partial charge in [0.2, 0.25) is 11.8 Å². The average Bonchev–Trinajstić information content (AvgIpc) is 2.69. The Morgan fingerprint density at radius 3 is 2.41 bits per heavy atom. The maximum atomic E-state index is 12.8. The van der Waals surface area contributed by atoms with Gasteiger partial charge in [0.05, 0.1) is 12.5 Å². The fourth-order valence-electron chi connectivity index (χ4n) is 6.21. The first-order chi connectivity index (χ1) is 14.9. The first-order valence-corrected chi connectivity index (χ1v) is 12.2. The van der Waals surface area contributed by atoms with E-state index in [9.17, 15) is 14.7 Å². The molecule has 2 fully saturated rings. The van der Waals surface area contributed by atoms with Crippen molar-refractivity contribution in [3.8, 4) is 0 Å². The Bertz CT molecular complexity index is 803. The molecular weight excluding hydrogens is 400 g/mol. The molecule has 2 saturated carbocycles. The minimum Gasteiger partial charge on any atom is -0.392 e. The summed E-state index contributed by atoms with van der Waals surface area (Å²) in [5, 5.41) is 17.8. The van der Waals surface area contributed by atoms with Crippen molar-refractivity contribution in [1.29, 1.82) is 0 Å². The Hall–Kier alpha value is -1.88. The lowest BCUT2D eigenvalue weighted by atomic mass is 9.51. The fourth-order valence-corrected chi connectivity index (χ4v) is 6.21. The van der Waals surface area contributed by atoms with E-state index < -0.39 is 6.10 Å². The summed E-state index contributed by atoms with van der Waals surface area (Å²) in [4.78, 5) is 25.5. The van der Waals surface area contributed by atoms with Crippen LogP contribution in [0.25, 0.3) is 0 Å². The van der Waals surface area contributed by atoms with E-state index >= 15 is 0 Å². The molecule has 32 heavy (non-hydrogen) atoms. The molecular formula is C27H42N2O3. The Labute approximate surface area is 193 Å². The standard InChI is InChI=1S/C27H42N2O3/c1-17(25(32)29-26(3,4)5)20-12-14-27(6)15-13-21(18(2)23(27)24(20)31)28-22(30)16-19-10-8-7-9-11-19/h7-11,17-18,20-21,23-24,31H,12-16H2,1-6H3,(H,28,30)(H,29,32)/t17-,18-,20+,21-,23+,24-,27+/m0/s1. The largest absolute Gasteiger partial charge is 0.392 e. The van der Waals surface area contributed by atoms with Crippen LogP contribution in [0.5, 0.6) is 0 Å². The van der Waals surface area contributed by atoms with E-state index in [0.29, 0.717) is 6.42 Å². The lowest BCUT2D eigenvalue weighted by molar-refractivity contribution is -0.144. The summed E-state index contributed by atoms with van der Waals surface area (Å²) < 4.78 is 0. The van der Waals surface area contributed by atoms with Crippen molar-refractivity contribution in [3.05, 3.63) is 35.9 Å². The van der Waals surface area contributed by atoms with Gasteiger partial charge in [-0.1, -0.05) is 51.1 Å². The lowest BCUT2D eigenvalue weighted by Gasteiger charge is -2.56. The van der Waals surface area contributed by atoms with Crippen LogP contribution in [0.4, 0.5) is 0 Å². The molecule has 5 nitrogen and oxygen atoms in total. The predicted octanol–water partition coefficient (Wildman–Crippen LogP) is 4.09. The zero-order valence-corrected chi connectivity index (χ0v) is 20.7. The van der Waals surface area contributed by atoms with Crippen molar-refractivity contribution in [2.45, 2.75) is 91.3 Å².